The molecule has 1 aromatic rings. The lowest BCUT2D eigenvalue weighted by molar-refractivity contribution is -0.175. The molecule has 9 heteroatoms. The van der Waals surface area contributed by atoms with Gasteiger partial charge in [0.05, 0.1) is 13.2 Å². The van der Waals surface area contributed by atoms with Crippen LogP contribution in [0.4, 0.5) is 19.0 Å². The van der Waals surface area contributed by atoms with E-state index in [9.17, 15) is 18.0 Å². The molecule has 108 valence electrons. The molecule has 0 bridgehead atoms. The number of rotatable bonds is 7. The minimum Gasteiger partial charge on any atom is -0.464 e. The van der Waals surface area contributed by atoms with Crippen LogP contribution < -0.4 is 5.73 Å². The predicted octanol–water partition coefficient (Wildman–Crippen LogP) is 0.977. The van der Waals surface area contributed by atoms with E-state index >= 15 is 0 Å². The van der Waals surface area contributed by atoms with Crippen molar-refractivity contribution in [1.82, 2.24) is 9.78 Å². The summed E-state index contributed by atoms with van der Waals surface area (Å²) in [6.07, 6.45) is -2.62. The Labute approximate surface area is 107 Å². The van der Waals surface area contributed by atoms with Crippen molar-refractivity contribution >= 4 is 11.8 Å². The van der Waals surface area contributed by atoms with Gasteiger partial charge in [0.25, 0.3) is 0 Å². The molecule has 0 saturated carbocycles. The number of esters is 1. The van der Waals surface area contributed by atoms with Crippen molar-refractivity contribution in [2.75, 3.05) is 25.6 Å². The van der Waals surface area contributed by atoms with Gasteiger partial charge in [0.15, 0.2) is 0 Å². The maximum Gasteiger partial charge on any atom is 0.411 e. The number of aromatic nitrogens is 2. The monoisotopic (exact) mass is 281 g/mol. The number of nitrogen functional groups attached to an aromatic ring is 1. The Bertz CT molecular complexity index is 406. The number of hydrogen-bond acceptors (Lipinski definition) is 5. The standard InChI is InChI=1S/C10H14F3N3O3/c11-10(12,13)7-18-4-1-5-19-9(17)6-16-3-2-8(14)15-16/h2-3H,1,4-7H2,(H2,14,15). The van der Waals surface area contributed by atoms with Crippen LogP contribution in [0.2, 0.25) is 0 Å². The van der Waals surface area contributed by atoms with Crippen LogP contribution in [0.25, 0.3) is 0 Å². The van der Waals surface area contributed by atoms with E-state index in [1.807, 2.05) is 0 Å². The average Bonchev–Trinajstić information content (AvgIpc) is 2.67. The smallest absolute Gasteiger partial charge is 0.411 e. The lowest BCUT2D eigenvalue weighted by Crippen LogP contribution is -2.19. The highest BCUT2D eigenvalue weighted by Crippen LogP contribution is 2.14. The van der Waals surface area contributed by atoms with Crippen LogP contribution in [0.1, 0.15) is 6.42 Å². The van der Waals surface area contributed by atoms with Crippen molar-refractivity contribution in [1.29, 1.82) is 0 Å². The molecular formula is C10H14F3N3O3. The Morgan fingerprint density at radius 3 is 2.74 bits per heavy atom. The summed E-state index contributed by atoms with van der Waals surface area (Å²) in [5, 5.41) is 3.78. The third kappa shape index (κ3) is 7.29. The molecule has 19 heavy (non-hydrogen) atoms. The zero-order chi connectivity index (χ0) is 14.3. The van der Waals surface area contributed by atoms with Crippen molar-refractivity contribution in [2.45, 2.75) is 19.1 Å². The van der Waals surface area contributed by atoms with E-state index in [0.29, 0.717) is 0 Å². The fourth-order valence-electron chi connectivity index (χ4n) is 1.18. The molecule has 0 fully saturated rings. The Morgan fingerprint density at radius 2 is 2.16 bits per heavy atom. The number of anilines is 1. The van der Waals surface area contributed by atoms with Crippen LogP contribution in [0.5, 0.6) is 0 Å². The topological polar surface area (TPSA) is 79.4 Å². The van der Waals surface area contributed by atoms with Crippen molar-refractivity contribution < 1.29 is 27.4 Å². The second-order valence-corrected chi connectivity index (χ2v) is 3.68. The van der Waals surface area contributed by atoms with Gasteiger partial charge in [-0.2, -0.15) is 18.3 Å². The molecule has 0 unspecified atom stereocenters. The van der Waals surface area contributed by atoms with Crippen molar-refractivity contribution in [3.05, 3.63) is 12.3 Å². The number of carbonyl (C=O) groups is 1. The van der Waals surface area contributed by atoms with Gasteiger partial charge < -0.3 is 15.2 Å². The number of alkyl halides is 3. The van der Waals surface area contributed by atoms with Crippen molar-refractivity contribution in [2.24, 2.45) is 0 Å². The number of halogens is 3. The van der Waals surface area contributed by atoms with E-state index in [2.05, 4.69) is 9.84 Å². The van der Waals surface area contributed by atoms with Gasteiger partial charge >= 0.3 is 12.1 Å². The molecule has 0 spiro atoms. The molecule has 0 aromatic carbocycles. The molecule has 0 aliphatic rings. The van der Waals surface area contributed by atoms with Gasteiger partial charge in [0.1, 0.15) is 19.0 Å². The minimum absolute atomic E-state index is 0.00651. The molecule has 0 atom stereocenters. The molecule has 0 aliphatic heterocycles. The Balaban J connectivity index is 2.05. The summed E-state index contributed by atoms with van der Waals surface area (Å²) in [4.78, 5) is 11.3. The molecule has 1 heterocycles. The third-order valence-electron chi connectivity index (χ3n) is 1.91. The fourth-order valence-corrected chi connectivity index (χ4v) is 1.18. The van der Waals surface area contributed by atoms with Crippen LogP contribution in [0, 0.1) is 0 Å². The molecule has 0 amide bonds. The van der Waals surface area contributed by atoms with Crippen LogP contribution in [0.15, 0.2) is 12.3 Å². The van der Waals surface area contributed by atoms with E-state index in [4.69, 9.17) is 10.5 Å². The van der Waals surface area contributed by atoms with Crippen LogP contribution in [-0.2, 0) is 20.8 Å². The average molecular weight is 281 g/mol. The number of carbonyl (C=O) groups excluding carboxylic acids is 1. The largest absolute Gasteiger partial charge is 0.464 e. The first kappa shape index (κ1) is 15.3. The normalized spacial score (nSPS) is 11.5. The highest BCUT2D eigenvalue weighted by atomic mass is 19.4. The Morgan fingerprint density at radius 1 is 1.42 bits per heavy atom. The van der Waals surface area contributed by atoms with E-state index in [1.165, 1.54) is 16.9 Å². The van der Waals surface area contributed by atoms with E-state index in [-0.39, 0.29) is 32.0 Å². The summed E-state index contributed by atoms with van der Waals surface area (Å²) in [5.74, 6) is -0.257. The molecule has 0 radical (unpaired) electrons. The maximum atomic E-state index is 11.7. The molecule has 1 rings (SSSR count). The highest BCUT2D eigenvalue weighted by molar-refractivity contribution is 5.69. The third-order valence-corrected chi connectivity index (χ3v) is 1.91. The predicted molar refractivity (Wildman–Crippen MR) is 59.1 cm³/mol. The van der Waals surface area contributed by atoms with Gasteiger partial charge in [-0.3, -0.25) is 9.48 Å². The summed E-state index contributed by atoms with van der Waals surface area (Å²) in [5.41, 5.74) is 5.35. The van der Waals surface area contributed by atoms with E-state index in [1.54, 1.807) is 0 Å². The van der Waals surface area contributed by atoms with Crippen molar-refractivity contribution in [3.63, 3.8) is 0 Å². The van der Waals surface area contributed by atoms with Gasteiger partial charge in [-0.15, -0.1) is 0 Å². The Kier molecular flexibility index (Phi) is 5.61. The molecular weight excluding hydrogens is 267 g/mol. The summed E-state index contributed by atoms with van der Waals surface area (Å²) < 4.78 is 45.6. The van der Waals surface area contributed by atoms with Gasteiger partial charge in [0, 0.05) is 12.6 Å². The summed E-state index contributed by atoms with van der Waals surface area (Å²) in [6, 6.07) is 1.53. The number of hydrogen-bond donors (Lipinski definition) is 1. The highest BCUT2D eigenvalue weighted by Gasteiger charge is 2.27. The van der Waals surface area contributed by atoms with Gasteiger partial charge in [-0.1, -0.05) is 0 Å². The van der Waals surface area contributed by atoms with Crippen LogP contribution in [-0.4, -0.2) is 41.7 Å². The van der Waals surface area contributed by atoms with Gasteiger partial charge in [-0.25, -0.2) is 0 Å². The van der Waals surface area contributed by atoms with Crippen molar-refractivity contribution in [3.8, 4) is 0 Å². The number of nitrogens with zero attached hydrogens (tertiary/aromatic N) is 2. The molecule has 0 saturated heterocycles. The van der Waals surface area contributed by atoms with E-state index in [0.717, 1.165) is 0 Å². The zero-order valence-electron chi connectivity index (χ0n) is 10.0. The first-order chi connectivity index (χ1) is 8.87. The summed E-state index contributed by atoms with van der Waals surface area (Å²) in [6.45, 7) is -1.52. The Hall–Kier alpha value is -1.77. The second kappa shape index (κ2) is 6.98. The summed E-state index contributed by atoms with van der Waals surface area (Å²) in [7, 11) is 0. The lowest BCUT2D eigenvalue weighted by Gasteiger charge is -2.08. The van der Waals surface area contributed by atoms with Gasteiger partial charge in [0.2, 0.25) is 0 Å². The van der Waals surface area contributed by atoms with Crippen LogP contribution in [0.3, 0.4) is 0 Å². The first-order valence-electron chi connectivity index (χ1n) is 5.46. The fraction of sp³-hybridized carbons (Fsp3) is 0.600. The number of ether oxygens (including phenoxy) is 2. The minimum atomic E-state index is -4.34. The molecule has 1 aromatic heterocycles. The quantitative estimate of drug-likeness (QED) is 0.595. The molecule has 0 aliphatic carbocycles. The van der Waals surface area contributed by atoms with Gasteiger partial charge in [-0.05, 0) is 6.07 Å². The lowest BCUT2D eigenvalue weighted by atomic mass is 10.5. The zero-order valence-corrected chi connectivity index (χ0v) is 10.0. The second-order valence-electron chi connectivity index (χ2n) is 3.68. The molecule has 6 nitrogen and oxygen atoms in total. The maximum absolute atomic E-state index is 11.7. The first-order valence-corrected chi connectivity index (χ1v) is 5.46. The van der Waals surface area contributed by atoms with Crippen LogP contribution >= 0.6 is 0 Å². The number of nitrogens with two attached hydrogens (primary N) is 1. The molecule has 2 N–H and O–H groups in total. The van der Waals surface area contributed by atoms with E-state index < -0.39 is 18.8 Å². The summed E-state index contributed by atoms with van der Waals surface area (Å²) >= 11 is 0. The SMILES string of the molecule is Nc1ccn(CC(=O)OCCCOCC(F)(F)F)n1.